The fraction of sp³-hybridized carbons (Fsp3) is 0.583. The van der Waals surface area contributed by atoms with Gasteiger partial charge in [0.2, 0.25) is 11.8 Å². The maximum Gasteiger partial charge on any atom is 0.246 e. The molecule has 1 aromatic rings. The van der Waals surface area contributed by atoms with Gasteiger partial charge in [-0.15, -0.1) is 0 Å². The molecule has 0 aliphatic carbocycles. The van der Waals surface area contributed by atoms with E-state index in [2.05, 4.69) is 10.4 Å². The molecule has 1 aliphatic heterocycles. The van der Waals surface area contributed by atoms with E-state index in [9.17, 15) is 9.59 Å². The van der Waals surface area contributed by atoms with Gasteiger partial charge in [-0.2, -0.15) is 5.10 Å². The minimum Gasteiger partial charge on any atom is -0.343 e. The van der Waals surface area contributed by atoms with Crippen molar-refractivity contribution in [2.45, 2.75) is 38.9 Å². The molecular weight excluding hydrogens is 232 g/mol. The third-order valence-electron chi connectivity index (χ3n) is 3.30. The Labute approximate surface area is 106 Å². The van der Waals surface area contributed by atoms with Crippen LogP contribution in [-0.4, -0.2) is 38.1 Å². The van der Waals surface area contributed by atoms with E-state index in [1.54, 1.807) is 30.4 Å². The molecule has 1 fully saturated rings. The zero-order valence-corrected chi connectivity index (χ0v) is 11.1. The monoisotopic (exact) mass is 250 g/mol. The van der Waals surface area contributed by atoms with Crippen molar-refractivity contribution in [1.82, 2.24) is 20.0 Å². The fourth-order valence-electron chi connectivity index (χ4n) is 2.05. The topological polar surface area (TPSA) is 67.2 Å². The SMILES string of the molecule is CC1NC(=O)C(C)(C)N(Cc2ccn(C)n2)C1=O. The molecule has 2 amide bonds. The van der Waals surface area contributed by atoms with Gasteiger partial charge in [-0.3, -0.25) is 14.3 Å². The Hall–Kier alpha value is -1.85. The second kappa shape index (κ2) is 4.12. The molecule has 0 aromatic carbocycles. The van der Waals surface area contributed by atoms with E-state index < -0.39 is 11.6 Å². The molecule has 0 radical (unpaired) electrons. The number of hydrogen-bond donors (Lipinski definition) is 1. The lowest BCUT2D eigenvalue weighted by molar-refractivity contribution is -0.155. The number of aromatic nitrogens is 2. The number of nitrogens with one attached hydrogen (secondary N) is 1. The molecular formula is C12H18N4O2. The first-order valence-electron chi connectivity index (χ1n) is 5.93. The van der Waals surface area contributed by atoms with Gasteiger partial charge in [-0.05, 0) is 26.8 Å². The lowest BCUT2D eigenvalue weighted by atomic mass is 9.96. The summed E-state index contributed by atoms with van der Waals surface area (Å²) in [6.45, 7) is 5.54. The lowest BCUT2D eigenvalue weighted by Crippen LogP contribution is -2.67. The Balaban J connectivity index is 2.27. The lowest BCUT2D eigenvalue weighted by Gasteiger charge is -2.43. The van der Waals surface area contributed by atoms with Crippen molar-refractivity contribution in [3.63, 3.8) is 0 Å². The zero-order valence-electron chi connectivity index (χ0n) is 11.1. The molecule has 18 heavy (non-hydrogen) atoms. The van der Waals surface area contributed by atoms with Crippen LogP contribution in [0.1, 0.15) is 26.5 Å². The maximum atomic E-state index is 12.2. The minimum absolute atomic E-state index is 0.0785. The molecule has 2 rings (SSSR count). The fourth-order valence-corrected chi connectivity index (χ4v) is 2.05. The van der Waals surface area contributed by atoms with Crippen LogP contribution in [0.2, 0.25) is 0 Å². The van der Waals surface area contributed by atoms with Crippen LogP contribution in [0.3, 0.4) is 0 Å². The van der Waals surface area contributed by atoms with E-state index >= 15 is 0 Å². The Kier molecular flexibility index (Phi) is 2.88. The van der Waals surface area contributed by atoms with E-state index in [1.165, 1.54) is 0 Å². The average molecular weight is 250 g/mol. The molecule has 1 atom stereocenters. The van der Waals surface area contributed by atoms with Gasteiger partial charge in [0.05, 0.1) is 12.2 Å². The molecule has 0 spiro atoms. The van der Waals surface area contributed by atoms with Crippen LogP contribution in [0.5, 0.6) is 0 Å². The van der Waals surface area contributed by atoms with Gasteiger partial charge in [-0.1, -0.05) is 0 Å². The first-order valence-corrected chi connectivity index (χ1v) is 5.93. The van der Waals surface area contributed by atoms with Gasteiger partial charge < -0.3 is 10.2 Å². The Morgan fingerprint density at radius 3 is 2.67 bits per heavy atom. The van der Waals surface area contributed by atoms with Crippen molar-refractivity contribution in [2.24, 2.45) is 7.05 Å². The molecule has 1 saturated heterocycles. The van der Waals surface area contributed by atoms with Crippen molar-refractivity contribution >= 4 is 11.8 Å². The first-order chi connectivity index (χ1) is 8.32. The van der Waals surface area contributed by atoms with Crippen molar-refractivity contribution in [3.8, 4) is 0 Å². The number of nitrogens with zero attached hydrogens (tertiary/aromatic N) is 3. The molecule has 0 saturated carbocycles. The minimum atomic E-state index is -0.846. The third-order valence-corrected chi connectivity index (χ3v) is 3.30. The summed E-state index contributed by atoms with van der Waals surface area (Å²) in [5.41, 5.74) is -0.0676. The summed E-state index contributed by atoms with van der Waals surface area (Å²) in [5.74, 6) is -0.212. The summed E-state index contributed by atoms with van der Waals surface area (Å²) < 4.78 is 1.68. The summed E-state index contributed by atoms with van der Waals surface area (Å²) in [5, 5.41) is 6.93. The Morgan fingerprint density at radius 1 is 1.44 bits per heavy atom. The third kappa shape index (κ3) is 1.98. The van der Waals surface area contributed by atoms with Crippen molar-refractivity contribution in [3.05, 3.63) is 18.0 Å². The van der Waals surface area contributed by atoms with E-state index in [-0.39, 0.29) is 11.8 Å². The number of aryl methyl sites for hydroxylation is 1. The van der Waals surface area contributed by atoms with Crippen LogP contribution >= 0.6 is 0 Å². The molecule has 1 N–H and O–H groups in total. The quantitative estimate of drug-likeness (QED) is 0.806. The molecule has 1 aromatic heterocycles. The maximum absolute atomic E-state index is 12.2. The first kappa shape index (κ1) is 12.6. The summed E-state index contributed by atoms with van der Waals surface area (Å²) >= 11 is 0. The van der Waals surface area contributed by atoms with Crippen molar-refractivity contribution in [2.75, 3.05) is 0 Å². The van der Waals surface area contributed by atoms with Crippen LogP contribution in [-0.2, 0) is 23.2 Å². The summed E-state index contributed by atoms with van der Waals surface area (Å²) in [4.78, 5) is 25.7. The molecule has 0 bridgehead atoms. The van der Waals surface area contributed by atoms with E-state index in [1.807, 2.05) is 19.3 Å². The van der Waals surface area contributed by atoms with Crippen LogP contribution < -0.4 is 5.32 Å². The predicted molar refractivity (Wildman–Crippen MR) is 65.4 cm³/mol. The predicted octanol–water partition coefficient (Wildman–Crippen LogP) is 0.0456. The van der Waals surface area contributed by atoms with Gasteiger partial charge in [-0.25, -0.2) is 0 Å². The van der Waals surface area contributed by atoms with E-state index in [4.69, 9.17) is 0 Å². The summed E-state index contributed by atoms with van der Waals surface area (Å²) in [7, 11) is 1.82. The summed E-state index contributed by atoms with van der Waals surface area (Å²) in [6, 6.07) is 1.37. The molecule has 2 heterocycles. The molecule has 6 nitrogen and oxygen atoms in total. The second-order valence-corrected chi connectivity index (χ2v) is 5.16. The molecule has 6 heteroatoms. The van der Waals surface area contributed by atoms with E-state index in [0.29, 0.717) is 6.54 Å². The average Bonchev–Trinajstić information content (AvgIpc) is 2.68. The highest BCUT2D eigenvalue weighted by atomic mass is 16.2. The number of carbonyl (C=O) groups excluding carboxylic acids is 2. The number of amides is 2. The normalized spacial score (nSPS) is 23.1. The highest BCUT2D eigenvalue weighted by molar-refractivity contribution is 5.99. The molecule has 1 aliphatic rings. The number of piperazine rings is 1. The second-order valence-electron chi connectivity index (χ2n) is 5.16. The van der Waals surface area contributed by atoms with Gasteiger partial charge >= 0.3 is 0 Å². The number of hydrogen-bond acceptors (Lipinski definition) is 3. The molecule has 1 unspecified atom stereocenters. The zero-order chi connectivity index (χ0) is 13.5. The van der Waals surface area contributed by atoms with Gasteiger partial charge in [0.1, 0.15) is 11.6 Å². The van der Waals surface area contributed by atoms with Gasteiger partial charge in [0, 0.05) is 13.2 Å². The highest BCUT2D eigenvalue weighted by Gasteiger charge is 2.44. The Morgan fingerprint density at radius 2 is 2.11 bits per heavy atom. The Bertz CT molecular complexity index is 492. The van der Waals surface area contributed by atoms with Crippen LogP contribution in [0.4, 0.5) is 0 Å². The van der Waals surface area contributed by atoms with Gasteiger partial charge in [0.25, 0.3) is 0 Å². The van der Waals surface area contributed by atoms with Gasteiger partial charge in [0.15, 0.2) is 0 Å². The summed E-state index contributed by atoms with van der Waals surface area (Å²) in [6.07, 6.45) is 1.82. The smallest absolute Gasteiger partial charge is 0.246 e. The highest BCUT2D eigenvalue weighted by Crippen LogP contribution is 2.22. The van der Waals surface area contributed by atoms with Crippen LogP contribution in [0.25, 0.3) is 0 Å². The van der Waals surface area contributed by atoms with E-state index in [0.717, 1.165) is 5.69 Å². The standard InChI is InChI=1S/C12H18N4O2/c1-8-10(17)16(12(2,3)11(18)13-8)7-9-5-6-15(4)14-9/h5-6,8H,7H2,1-4H3,(H,13,18). The van der Waals surface area contributed by atoms with Crippen LogP contribution in [0.15, 0.2) is 12.3 Å². The largest absolute Gasteiger partial charge is 0.343 e. The number of rotatable bonds is 2. The number of carbonyl (C=O) groups is 2. The van der Waals surface area contributed by atoms with Crippen LogP contribution in [0, 0.1) is 0 Å². The van der Waals surface area contributed by atoms with Crippen molar-refractivity contribution in [1.29, 1.82) is 0 Å². The molecule has 98 valence electrons. The van der Waals surface area contributed by atoms with Crippen molar-refractivity contribution < 1.29 is 9.59 Å².